The van der Waals surface area contributed by atoms with Crippen molar-refractivity contribution < 1.29 is 14.3 Å². The van der Waals surface area contributed by atoms with Gasteiger partial charge < -0.3 is 19.9 Å². The van der Waals surface area contributed by atoms with Gasteiger partial charge in [-0.2, -0.15) is 0 Å². The van der Waals surface area contributed by atoms with Gasteiger partial charge in [-0.25, -0.2) is 4.79 Å². The number of benzene rings is 2. The zero-order valence-electron chi connectivity index (χ0n) is 26.7. The van der Waals surface area contributed by atoms with Crippen molar-refractivity contribution in [2.75, 3.05) is 58.2 Å². The maximum atomic E-state index is 13.3. The van der Waals surface area contributed by atoms with Gasteiger partial charge in [-0.1, -0.05) is 96.0 Å². The number of nitrogens with one attached hydrogen (secondary N) is 1. The first-order valence-electron chi connectivity index (χ1n) is 15.7. The van der Waals surface area contributed by atoms with Crippen LogP contribution >= 0.6 is 0 Å². The minimum atomic E-state index is -0.0288. The number of para-hydroxylation sites is 2. The Bertz CT molecular complexity index is 1140. The summed E-state index contributed by atoms with van der Waals surface area (Å²) in [6.07, 6.45) is 7.76. The maximum Gasteiger partial charge on any atom is 0.321 e. The fourth-order valence-corrected chi connectivity index (χ4v) is 5.43. The quantitative estimate of drug-likeness (QED) is 0.241. The molecule has 0 unspecified atom stereocenters. The summed E-state index contributed by atoms with van der Waals surface area (Å²) < 4.78 is 5.46. The van der Waals surface area contributed by atoms with Gasteiger partial charge in [-0.3, -0.25) is 9.69 Å². The van der Waals surface area contributed by atoms with Crippen LogP contribution in [0.2, 0.25) is 0 Å². The molecule has 3 amide bonds. The lowest BCUT2D eigenvalue weighted by molar-refractivity contribution is -0.131. The van der Waals surface area contributed by atoms with Crippen LogP contribution in [0.1, 0.15) is 88.8 Å². The van der Waals surface area contributed by atoms with Gasteiger partial charge in [0.25, 0.3) is 0 Å². The van der Waals surface area contributed by atoms with Crippen LogP contribution in [-0.2, 0) is 4.79 Å². The zero-order chi connectivity index (χ0) is 30.5. The van der Waals surface area contributed by atoms with Crippen molar-refractivity contribution in [2.24, 2.45) is 0 Å². The number of unbranched alkanes of at least 4 members (excludes halogenated alkanes) is 2. The lowest BCUT2D eigenvalue weighted by Gasteiger charge is -2.36. The number of amides is 3. The molecule has 2 aromatic carbocycles. The van der Waals surface area contributed by atoms with E-state index in [0.717, 1.165) is 55.9 Å². The Kier molecular flexibility index (Phi) is 13.4. The molecule has 0 spiro atoms. The summed E-state index contributed by atoms with van der Waals surface area (Å²) in [5.74, 6) is 1.68. The average molecular weight is 577 g/mol. The highest BCUT2D eigenvalue weighted by Gasteiger charge is 2.24. The summed E-state index contributed by atoms with van der Waals surface area (Å²) in [6, 6.07) is 14.2. The summed E-state index contributed by atoms with van der Waals surface area (Å²) in [5, 5.41) is 3.26. The number of anilines is 1. The van der Waals surface area contributed by atoms with Gasteiger partial charge >= 0.3 is 6.03 Å². The first kappa shape index (κ1) is 33.2. The molecular weight excluding hydrogens is 524 g/mol. The Labute approximate surface area is 253 Å². The minimum absolute atomic E-state index is 0.0288. The molecule has 7 nitrogen and oxygen atoms in total. The largest absolute Gasteiger partial charge is 0.496 e. The number of piperazine rings is 1. The van der Waals surface area contributed by atoms with Crippen molar-refractivity contribution in [3.8, 4) is 5.75 Å². The van der Waals surface area contributed by atoms with E-state index >= 15 is 0 Å². The van der Waals surface area contributed by atoms with E-state index in [9.17, 15) is 9.59 Å². The minimum Gasteiger partial charge on any atom is -0.496 e. The highest BCUT2D eigenvalue weighted by molar-refractivity contribution is 5.91. The topological polar surface area (TPSA) is 65.1 Å². The van der Waals surface area contributed by atoms with E-state index in [-0.39, 0.29) is 11.9 Å². The molecule has 0 bridgehead atoms. The number of methoxy groups -OCH3 is 1. The van der Waals surface area contributed by atoms with Gasteiger partial charge in [0.1, 0.15) is 5.75 Å². The van der Waals surface area contributed by atoms with E-state index in [0.29, 0.717) is 44.4 Å². The predicted molar refractivity (Wildman–Crippen MR) is 174 cm³/mol. The number of urea groups is 1. The van der Waals surface area contributed by atoms with E-state index in [1.807, 2.05) is 40.1 Å². The SMILES string of the molecule is CCCCCC(=O)N(C/C=C/c1ccccc1OC)CCN1CCN(C(=O)Nc2c(C(C)C)cccc2C(C)C)CC1. The van der Waals surface area contributed by atoms with E-state index in [4.69, 9.17) is 4.74 Å². The van der Waals surface area contributed by atoms with Gasteiger partial charge in [0.15, 0.2) is 0 Å². The van der Waals surface area contributed by atoms with Crippen LogP contribution < -0.4 is 10.1 Å². The summed E-state index contributed by atoms with van der Waals surface area (Å²) in [6.45, 7) is 15.8. The molecule has 2 aromatic rings. The van der Waals surface area contributed by atoms with Crippen LogP contribution in [0.15, 0.2) is 48.5 Å². The first-order chi connectivity index (χ1) is 20.2. The number of ether oxygens (including phenoxy) is 1. The molecule has 0 radical (unpaired) electrons. The molecule has 1 saturated heterocycles. The number of carbonyl (C=O) groups excluding carboxylic acids is 2. The monoisotopic (exact) mass is 576 g/mol. The van der Waals surface area contributed by atoms with Crippen molar-refractivity contribution in [1.82, 2.24) is 14.7 Å². The Hall–Kier alpha value is -3.32. The number of hydrogen-bond donors (Lipinski definition) is 1. The highest BCUT2D eigenvalue weighted by Crippen LogP contribution is 2.32. The second-order valence-electron chi connectivity index (χ2n) is 11.8. The smallest absolute Gasteiger partial charge is 0.321 e. The number of carbonyl (C=O) groups is 2. The first-order valence-corrected chi connectivity index (χ1v) is 15.7. The fraction of sp³-hybridized carbons (Fsp3) is 0.543. The van der Waals surface area contributed by atoms with Crippen LogP contribution in [0.3, 0.4) is 0 Å². The molecule has 230 valence electrons. The summed E-state index contributed by atoms with van der Waals surface area (Å²) in [5.41, 5.74) is 4.32. The van der Waals surface area contributed by atoms with E-state index in [2.05, 4.69) is 69.1 Å². The van der Waals surface area contributed by atoms with E-state index < -0.39 is 0 Å². The second kappa shape index (κ2) is 17.0. The van der Waals surface area contributed by atoms with Crippen molar-refractivity contribution in [2.45, 2.75) is 72.1 Å². The predicted octanol–water partition coefficient (Wildman–Crippen LogP) is 7.21. The van der Waals surface area contributed by atoms with Crippen molar-refractivity contribution in [1.29, 1.82) is 0 Å². The Morgan fingerprint density at radius 2 is 1.62 bits per heavy atom. The third-order valence-electron chi connectivity index (χ3n) is 8.06. The van der Waals surface area contributed by atoms with E-state index in [1.165, 1.54) is 11.1 Å². The Balaban J connectivity index is 1.57. The van der Waals surface area contributed by atoms with Crippen LogP contribution in [0.5, 0.6) is 5.75 Å². The third kappa shape index (κ3) is 9.62. The van der Waals surface area contributed by atoms with E-state index in [1.54, 1.807) is 7.11 Å². The van der Waals surface area contributed by atoms with Crippen LogP contribution in [-0.4, -0.2) is 79.6 Å². The highest BCUT2D eigenvalue weighted by atomic mass is 16.5. The van der Waals surface area contributed by atoms with Gasteiger partial charge in [-0.15, -0.1) is 0 Å². The zero-order valence-corrected chi connectivity index (χ0v) is 26.7. The molecular formula is C35H52N4O3. The number of rotatable bonds is 14. The summed E-state index contributed by atoms with van der Waals surface area (Å²) in [4.78, 5) is 32.7. The van der Waals surface area contributed by atoms with Gasteiger partial charge in [-0.05, 0) is 35.4 Å². The van der Waals surface area contributed by atoms with Crippen molar-refractivity contribution >= 4 is 23.7 Å². The molecule has 1 N–H and O–H groups in total. The molecule has 0 atom stereocenters. The molecule has 3 rings (SSSR count). The number of nitrogens with zero attached hydrogens (tertiary/aromatic N) is 3. The summed E-state index contributed by atoms with van der Waals surface area (Å²) in [7, 11) is 1.67. The molecule has 0 aliphatic carbocycles. The molecule has 0 aromatic heterocycles. The lowest BCUT2D eigenvalue weighted by Crippen LogP contribution is -2.51. The molecule has 0 saturated carbocycles. The van der Waals surface area contributed by atoms with Crippen molar-refractivity contribution in [3.05, 3.63) is 65.2 Å². The Morgan fingerprint density at radius 3 is 2.24 bits per heavy atom. The number of hydrogen-bond acceptors (Lipinski definition) is 4. The summed E-state index contributed by atoms with van der Waals surface area (Å²) >= 11 is 0. The molecule has 1 heterocycles. The standard InChI is InChI=1S/C35H52N4O3/c1-7-8-9-19-33(40)38(20-13-15-29-14-10-11-18-32(29)42-6)24-21-37-22-25-39(26-23-37)35(41)36-34-30(27(2)3)16-12-17-31(34)28(4)5/h10-18,27-28H,7-9,19-26H2,1-6H3,(H,36,41)/b15-13+. The van der Waals surface area contributed by atoms with Gasteiger partial charge in [0.05, 0.1) is 7.11 Å². The fourth-order valence-electron chi connectivity index (χ4n) is 5.43. The Morgan fingerprint density at radius 1 is 0.952 bits per heavy atom. The molecule has 42 heavy (non-hydrogen) atoms. The molecule has 1 fully saturated rings. The van der Waals surface area contributed by atoms with Gasteiger partial charge in [0, 0.05) is 63.5 Å². The van der Waals surface area contributed by atoms with Crippen molar-refractivity contribution in [3.63, 3.8) is 0 Å². The van der Waals surface area contributed by atoms with Crippen LogP contribution in [0, 0.1) is 0 Å². The van der Waals surface area contributed by atoms with Gasteiger partial charge in [0.2, 0.25) is 5.91 Å². The lowest BCUT2D eigenvalue weighted by atomic mass is 9.93. The second-order valence-corrected chi connectivity index (χ2v) is 11.8. The maximum absolute atomic E-state index is 13.3. The van der Waals surface area contributed by atoms with Crippen LogP contribution in [0.25, 0.3) is 6.08 Å². The van der Waals surface area contributed by atoms with Crippen LogP contribution in [0.4, 0.5) is 10.5 Å². The molecule has 1 aliphatic heterocycles. The molecule has 7 heteroatoms. The molecule has 1 aliphatic rings. The normalized spacial score (nSPS) is 14.1. The average Bonchev–Trinajstić information content (AvgIpc) is 2.99. The third-order valence-corrected chi connectivity index (χ3v) is 8.06.